The molecule has 4 rings (SSSR count). The molecule has 0 aliphatic rings. The van der Waals surface area contributed by atoms with Crippen molar-refractivity contribution in [2.45, 2.75) is 0 Å². The highest BCUT2D eigenvalue weighted by atomic mass is 16.5. The minimum Gasteiger partial charge on any atom is -0.493 e. The first-order valence-corrected chi connectivity index (χ1v) is 9.02. The molecule has 7 nitrogen and oxygen atoms in total. The zero-order valence-corrected chi connectivity index (χ0v) is 16.2. The SMILES string of the molecule is COc1ccc(C(=O)Oc2ccc3cc(-c4ccccn4)c(=O)oc3c2)cc1OC. The fourth-order valence-electron chi connectivity index (χ4n) is 2.98. The Labute approximate surface area is 171 Å². The van der Waals surface area contributed by atoms with Gasteiger partial charge in [-0.1, -0.05) is 6.07 Å². The summed E-state index contributed by atoms with van der Waals surface area (Å²) in [5.41, 5.74) is 0.955. The molecule has 0 radical (unpaired) electrons. The van der Waals surface area contributed by atoms with Crippen molar-refractivity contribution in [3.05, 3.63) is 82.8 Å². The van der Waals surface area contributed by atoms with Crippen LogP contribution in [0, 0.1) is 0 Å². The highest BCUT2D eigenvalue weighted by molar-refractivity contribution is 5.92. The lowest BCUT2D eigenvalue weighted by Crippen LogP contribution is -2.09. The number of fused-ring (bicyclic) bond motifs is 1. The van der Waals surface area contributed by atoms with Crippen LogP contribution in [0.1, 0.15) is 10.4 Å². The second kappa shape index (κ2) is 8.08. The molecular weight excluding hydrogens is 386 g/mol. The summed E-state index contributed by atoms with van der Waals surface area (Å²) in [6.07, 6.45) is 1.61. The molecule has 0 aliphatic heterocycles. The lowest BCUT2D eigenvalue weighted by atomic mass is 10.1. The Morgan fingerprint density at radius 1 is 0.933 bits per heavy atom. The molecule has 0 unspecified atom stereocenters. The molecule has 150 valence electrons. The van der Waals surface area contributed by atoms with E-state index >= 15 is 0 Å². The summed E-state index contributed by atoms with van der Waals surface area (Å²) in [5, 5.41) is 0.682. The zero-order chi connectivity index (χ0) is 21.1. The van der Waals surface area contributed by atoms with Gasteiger partial charge in [0, 0.05) is 17.6 Å². The van der Waals surface area contributed by atoms with Crippen molar-refractivity contribution in [3.63, 3.8) is 0 Å². The van der Waals surface area contributed by atoms with Crippen molar-refractivity contribution < 1.29 is 23.4 Å². The maximum Gasteiger partial charge on any atom is 0.345 e. The van der Waals surface area contributed by atoms with Crippen molar-refractivity contribution in [3.8, 4) is 28.5 Å². The Hall–Kier alpha value is -4.13. The first-order valence-electron chi connectivity index (χ1n) is 9.02. The molecule has 2 aromatic carbocycles. The van der Waals surface area contributed by atoms with Crippen LogP contribution in [0.15, 0.2) is 76.1 Å². The maximum absolute atomic E-state index is 12.5. The summed E-state index contributed by atoms with van der Waals surface area (Å²) in [4.78, 5) is 29.1. The Bertz CT molecular complexity index is 1280. The van der Waals surface area contributed by atoms with Crippen LogP contribution in [-0.2, 0) is 0 Å². The average Bonchev–Trinajstić information content (AvgIpc) is 2.78. The molecule has 0 saturated heterocycles. The van der Waals surface area contributed by atoms with E-state index in [1.54, 1.807) is 54.7 Å². The monoisotopic (exact) mass is 403 g/mol. The number of methoxy groups -OCH3 is 2. The number of aromatic nitrogens is 1. The van der Waals surface area contributed by atoms with Crippen molar-refractivity contribution in [2.75, 3.05) is 14.2 Å². The predicted octanol–water partition coefficient (Wildman–Crippen LogP) is 4.09. The Morgan fingerprint density at radius 3 is 2.50 bits per heavy atom. The van der Waals surface area contributed by atoms with E-state index in [1.807, 2.05) is 0 Å². The first kappa shape index (κ1) is 19.2. The number of hydrogen-bond donors (Lipinski definition) is 0. The summed E-state index contributed by atoms with van der Waals surface area (Å²) in [6.45, 7) is 0. The van der Waals surface area contributed by atoms with Crippen LogP contribution >= 0.6 is 0 Å². The summed E-state index contributed by atoms with van der Waals surface area (Å²) in [7, 11) is 3.00. The van der Waals surface area contributed by atoms with Gasteiger partial charge in [-0.05, 0) is 48.5 Å². The number of hydrogen-bond acceptors (Lipinski definition) is 7. The lowest BCUT2D eigenvalue weighted by molar-refractivity contribution is 0.0734. The molecule has 30 heavy (non-hydrogen) atoms. The average molecular weight is 403 g/mol. The fourth-order valence-corrected chi connectivity index (χ4v) is 2.98. The molecular formula is C23H17NO6. The minimum absolute atomic E-state index is 0.246. The Kier molecular flexibility index (Phi) is 5.17. The van der Waals surface area contributed by atoms with Gasteiger partial charge in [-0.15, -0.1) is 0 Å². The fraction of sp³-hybridized carbons (Fsp3) is 0.0870. The minimum atomic E-state index is -0.581. The summed E-state index contributed by atoms with van der Waals surface area (Å²) in [6, 6.07) is 16.6. The summed E-state index contributed by atoms with van der Waals surface area (Å²) < 4.78 is 21.2. The van der Waals surface area contributed by atoms with Gasteiger partial charge in [0.2, 0.25) is 0 Å². The van der Waals surface area contributed by atoms with Crippen molar-refractivity contribution in [1.29, 1.82) is 0 Å². The quantitative estimate of drug-likeness (QED) is 0.282. The zero-order valence-electron chi connectivity index (χ0n) is 16.2. The largest absolute Gasteiger partial charge is 0.493 e. The molecule has 2 aromatic heterocycles. The van der Waals surface area contributed by atoms with Crippen LogP contribution in [0.3, 0.4) is 0 Å². The van der Waals surface area contributed by atoms with E-state index in [0.29, 0.717) is 39.3 Å². The van der Waals surface area contributed by atoms with Crippen LogP contribution in [0.25, 0.3) is 22.2 Å². The third kappa shape index (κ3) is 3.73. The van der Waals surface area contributed by atoms with Gasteiger partial charge in [-0.3, -0.25) is 4.98 Å². The van der Waals surface area contributed by atoms with E-state index < -0.39 is 11.6 Å². The number of rotatable bonds is 5. The molecule has 2 heterocycles. The van der Waals surface area contributed by atoms with E-state index in [9.17, 15) is 9.59 Å². The Morgan fingerprint density at radius 2 is 1.77 bits per heavy atom. The van der Waals surface area contributed by atoms with E-state index in [0.717, 1.165) is 0 Å². The Balaban J connectivity index is 1.63. The number of carbonyl (C=O) groups excluding carboxylic acids is 1. The molecule has 4 aromatic rings. The highest BCUT2D eigenvalue weighted by Crippen LogP contribution is 2.29. The van der Waals surface area contributed by atoms with Crippen LogP contribution in [-0.4, -0.2) is 25.2 Å². The second-order valence-electron chi connectivity index (χ2n) is 6.32. The molecule has 0 bridgehead atoms. The van der Waals surface area contributed by atoms with E-state index in [4.69, 9.17) is 18.6 Å². The van der Waals surface area contributed by atoms with Crippen LogP contribution in [0.5, 0.6) is 17.2 Å². The van der Waals surface area contributed by atoms with Crippen molar-refractivity contribution >= 4 is 16.9 Å². The third-order valence-corrected chi connectivity index (χ3v) is 4.48. The summed E-state index contributed by atoms with van der Waals surface area (Å²) >= 11 is 0. The number of nitrogens with zero attached hydrogens (tertiary/aromatic N) is 1. The van der Waals surface area contributed by atoms with Gasteiger partial charge in [0.25, 0.3) is 0 Å². The van der Waals surface area contributed by atoms with Crippen LogP contribution < -0.4 is 19.8 Å². The maximum atomic E-state index is 12.5. The molecule has 0 saturated carbocycles. The second-order valence-corrected chi connectivity index (χ2v) is 6.32. The van der Waals surface area contributed by atoms with E-state index in [1.165, 1.54) is 26.4 Å². The van der Waals surface area contributed by atoms with Gasteiger partial charge in [-0.25, -0.2) is 9.59 Å². The van der Waals surface area contributed by atoms with Crippen molar-refractivity contribution in [1.82, 2.24) is 4.98 Å². The number of pyridine rings is 1. The molecule has 0 atom stereocenters. The van der Waals surface area contributed by atoms with Gasteiger partial charge >= 0.3 is 11.6 Å². The highest BCUT2D eigenvalue weighted by Gasteiger charge is 2.14. The number of esters is 1. The van der Waals surface area contributed by atoms with E-state index in [-0.39, 0.29) is 5.75 Å². The van der Waals surface area contributed by atoms with Crippen LogP contribution in [0.4, 0.5) is 0 Å². The van der Waals surface area contributed by atoms with Crippen molar-refractivity contribution in [2.24, 2.45) is 0 Å². The number of ether oxygens (including phenoxy) is 3. The number of benzene rings is 2. The molecule has 0 fully saturated rings. The topological polar surface area (TPSA) is 87.9 Å². The molecule has 0 spiro atoms. The molecule has 0 N–H and O–H groups in total. The molecule has 0 amide bonds. The number of carbonyl (C=O) groups is 1. The smallest absolute Gasteiger partial charge is 0.345 e. The van der Waals surface area contributed by atoms with E-state index in [2.05, 4.69) is 4.98 Å². The predicted molar refractivity (Wildman–Crippen MR) is 110 cm³/mol. The van der Waals surface area contributed by atoms with Gasteiger partial charge in [0.1, 0.15) is 11.3 Å². The molecule has 7 heteroatoms. The normalized spacial score (nSPS) is 10.6. The first-order chi connectivity index (χ1) is 14.6. The van der Waals surface area contributed by atoms with Gasteiger partial charge in [0.15, 0.2) is 11.5 Å². The standard InChI is InChI=1S/C23H17NO6/c1-27-19-9-7-15(12-21(19)28-2)22(25)29-16-8-6-14-11-17(18-5-3-4-10-24-18)23(26)30-20(14)13-16/h3-13H,1-2H3. The van der Waals surface area contributed by atoms with Gasteiger partial charge < -0.3 is 18.6 Å². The van der Waals surface area contributed by atoms with Gasteiger partial charge in [-0.2, -0.15) is 0 Å². The summed E-state index contributed by atoms with van der Waals surface area (Å²) in [5.74, 6) is 0.586. The molecule has 0 aliphatic carbocycles. The van der Waals surface area contributed by atoms with Crippen LogP contribution in [0.2, 0.25) is 0 Å². The third-order valence-electron chi connectivity index (χ3n) is 4.48. The lowest BCUT2D eigenvalue weighted by Gasteiger charge is -2.10. The van der Waals surface area contributed by atoms with Gasteiger partial charge in [0.05, 0.1) is 31.0 Å².